The van der Waals surface area contributed by atoms with Crippen LogP contribution in [-0.4, -0.2) is 42.2 Å². The SMILES string of the molecule is O=C(Cc1ccccn1)Nc1ccc(C[C@@H]2CC[C@H](c3nnc(NC(=O)Cc4ccccn4)s3)C2)nn1. The molecular formula is C26H26N8O2S. The molecule has 4 aromatic rings. The number of aromatic nitrogens is 6. The predicted molar refractivity (Wildman–Crippen MR) is 139 cm³/mol. The third-order valence-electron chi connectivity index (χ3n) is 6.20. The molecule has 37 heavy (non-hydrogen) atoms. The van der Waals surface area contributed by atoms with Crippen molar-refractivity contribution in [1.82, 2.24) is 30.4 Å². The summed E-state index contributed by atoms with van der Waals surface area (Å²) in [6.45, 7) is 0. The number of hydrogen-bond acceptors (Lipinski definition) is 9. The average molecular weight is 515 g/mol. The molecule has 5 rings (SSSR count). The normalized spacial score (nSPS) is 16.9. The van der Waals surface area contributed by atoms with Crippen molar-refractivity contribution in [1.29, 1.82) is 0 Å². The molecule has 4 heterocycles. The number of pyridine rings is 2. The Kier molecular flexibility index (Phi) is 7.80. The van der Waals surface area contributed by atoms with E-state index in [1.807, 2.05) is 42.5 Å². The van der Waals surface area contributed by atoms with Crippen molar-refractivity contribution in [3.63, 3.8) is 0 Å². The van der Waals surface area contributed by atoms with Gasteiger partial charge in [-0.15, -0.1) is 15.3 Å². The van der Waals surface area contributed by atoms with Crippen LogP contribution in [0, 0.1) is 5.92 Å². The lowest BCUT2D eigenvalue weighted by atomic mass is 10.00. The Balaban J connectivity index is 1.08. The highest BCUT2D eigenvalue weighted by Crippen LogP contribution is 2.41. The number of carbonyl (C=O) groups excluding carboxylic acids is 2. The molecule has 188 valence electrons. The van der Waals surface area contributed by atoms with E-state index < -0.39 is 0 Å². The number of carbonyl (C=O) groups is 2. The van der Waals surface area contributed by atoms with Crippen LogP contribution in [0.5, 0.6) is 0 Å². The molecule has 0 bridgehead atoms. The summed E-state index contributed by atoms with van der Waals surface area (Å²) in [4.78, 5) is 32.8. The Morgan fingerprint density at radius 1 is 0.784 bits per heavy atom. The van der Waals surface area contributed by atoms with Gasteiger partial charge >= 0.3 is 0 Å². The molecule has 11 heteroatoms. The second-order valence-electron chi connectivity index (χ2n) is 9.03. The lowest BCUT2D eigenvalue weighted by molar-refractivity contribution is -0.116. The minimum absolute atomic E-state index is 0.152. The van der Waals surface area contributed by atoms with Gasteiger partial charge in [0, 0.05) is 29.7 Å². The molecule has 1 fully saturated rings. The van der Waals surface area contributed by atoms with Crippen LogP contribution in [0.4, 0.5) is 10.9 Å². The van der Waals surface area contributed by atoms with Gasteiger partial charge in [0.1, 0.15) is 5.01 Å². The van der Waals surface area contributed by atoms with Gasteiger partial charge < -0.3 is 10.6 Å². The maximum Gasteiger partial charge on any atom is 0.232 e. The monoisotopic (exact) mass is 514 g/mol. The van der Waals surface area contributed by atoms with Gasteiger partial charge in [0.05, 0.1) is 18.5 Å². The van der Waals surface area contributed by atoms with Crippen LogP contribution in [-0.2, 0) is 28.9 Å². The van der Waals surface area contributed by atoms with E-state index in [0.717, 1.165) is 36.4 Å². The highest BCUT2D eigenvalue weighted by Gasteiger charge is 2.29. The topological polar surface area (TPSA) is 136 Å². The van der Waals surface area contributed by atoms with E-state index in [-0.39, 0.29) is 24.7 Å². The van der Waals surface area contributed by atoms with Crippen LogP contribution in [0.25, 0.3) is 0 Å². The van der Waals surface area contributed by atoms with Gasteiger partial charge in [-0.05, 0) is 68.0 Å². The minimum Gasteiger partial charge on any atom is -0.309 e. The van der Waals surface area contributed by atoms with Crippen LogP contribution in [0.3, 0.4) is 0 Å². The van der Waals surface area contributed by atoms with E-state index in [4.69, 9.17) is 0 Å². The van der Waals surface area contributed by atoms with Crippen molar-refractivity contribution in [3.05, 3.63) is 83.0 Å². The fourth-order valence-electron chi connectivity index (χ4n) is 4.45. The van der Waals surface area contributed by atoms with E-state index >= 15 is 0 Å². The van der Waals surface area contributed by atoms with Crippen molar-refractivity contribution >= 4 is 34.1 Å². The highest BCUT2D eigenvalue weighted by molar-refractivity contribution is 7.15. The molecule has 1 saturated carbocycles. The van der Waals surface area contributed by atoms with Gasteiger partial charge in [0.15, 0.2) is 5.82 Å². The lowest BCUT2D eigenvalue weighted by Gasteiger charge is -2.09. The fraction of sp³-hybridized carbons (Fsp3) is 0.308. The van der Waals surface area contributed by atoms with Crippen molar-refractivity contribution in [2.24, 2.45) is 5.92 Å². The summed E-state index contributed by atoms with van der Waals surface area (Å²) in [7, 11) is 0. The summed E-state index contributed by atoms with van der Waals surface area (Å²) < 4.78 is 0. The molecule has 0 aromatic carbocycles. The van der Waals surface area contributed by atoms with Crippen LogP contribution in [0.15, 0.2) is 60.9 Å². The van der Waals surface area contributed by atoms with Crippen LogP contribution in [0.1, 0.15) is 47.3 Å². The quantitative estimate of drug-likeness (QED) is 0.346. The molecular weight excluding hydrogens is 488 g/mol. The summed E-state index contributed by atoms with van der Waals surface area (Å²) in [5, 5.41) is 24.1. The second kappa shape index (κ2) is 11.7. The molecule has 2 atom stereocenters. The maximum atomic E-state index is 12.3. The number of nitrogens with zero attached hydrogens (tertiary/aromatic N) is 6. The summed E-state index contributed by atoms with van der Waals surface area (Å²) in [5.74, 6) is 0.891. The standard InChI is InChI=1S/C26H26N8O2S/c35-23(15-19-5-1-3-11-27-19)29-22-10-9-21(31-32-22)14-17-7-8-18(13-17)25-33-34-26(37-25)30-24(36)16-20-6-2-4-12-28-20/h1-6,9-12,17-18H,7-8,13-16H2,(H,29,32,35)(H,30,34,36)/t17-,18+/m1/s1. The largest absolute Gasteiger partial charge is 0.309 e. The molecule has 1 aliphatic rings. The van der Waals surface area contributed by atoms with Gasteiger partial charge in [0.2, 0.25) is 16.9 Å². The van der Waals surface area contributed by atoms with Gasteiger partial charge in [-0.3, -0.25) is 19.6 Å². The smallest absolute Gasteiger partial charge is 0.232 e. The van der Waals surface area contributed by atoms with Gasteiger partial charge in [-0.2, -0.15) is 5.10 Å². The van der Waals surface area contributed by atoms with Crippen LogP contribution >= 0.6 is 11.3 Å². The van der Waals surface area contributed by atoms with E-state index in [2.05, 4.69) is 41.0 Å². The molecule has 0 unspecified atom stereocenters. The summed E-state index contributed by atoms with van der Waals surface area (Å²) in [5.41, 5.74) is 2.31. The van der Waals surface area contributed by atoms with Crippen molar-refractivity contribution in [2.45, 2.75) is 44.4 Å². The molecule has 0 aliphatic heterocycles. The molecule has 1 aliphatic carbocycles. The summed E-state index contributed by atoms with van der Waals surface area (Å²) in [6.07, 6.45) is 7.62. The Morgan fingerprint density at radius 3 is 2.16 bits per heavy atom. The number of rotatable bonds is 9. The average Bonchev–Trinajstić information content (AvgIpc) is 3.56. The second-order valence-corrected chi connectivity index (χ2v) is 10.0. The molecule has 0 saturated heterocycles. The number of anilines is 2. The van der Waals surface area contributed by atoms with Crippen LogP contribution in [0.2, 0.25) is 0 Å². The van der Waals surface area contributed by atoms with E-state index in [1.165, 1.54) is 11.3 Å². The molecule has 4 aromatic heterocycles. The molecule has 0 spiro atoms. The Labute approximate surface area is 218 Å². The summed E-state index contributed by atoms with van der Waals surface area (Å²) in [6, 6.07) is 14.7. The Morgan fingerprint density at radius 2 is 1.51 bits per heavy atom. The van der Waals surface area contributed by atoms with Gasteiger partial charge in [-0.1, -0.05) is 23.5 Å². The third-order valence-corrected chi connectivity index (χ3v) is 7.20. The Bertz CT molecular complexity index is 1330. The third kappa shape index (κ3) is 6.98. The molecule has 10 nitrogen and oxygen atoms in total. The first kappa shape index (κ1) is 24.6. The summed E-state index contributed by atoms with van der Waals surface area (Å²) >= 11 is 1.44. The fourth-order valence-corrected chi connectivity index (χ4v) is 5.36. The first-order valence-electron chi connectivity index (χ1n) is 12.2. The van der Waals surface area contributed by atoms with E-state index in [1.54, 1.807) is 18.5 Å². The zero-order valence-corrected chi connectivity index (χ0v) is 20.9. The molecule has 0 radical (unpaired) electrons. The Hall–Kier alpha value is -4.12. The van der Waals surface area contributed by atoms with E-state index in [9.17, 15) is 9.59 Å². The number of nitrogens with one attached hydrogen (secondary N) is 2. The zero-order valence-electron chi connectivity index (χ0n) is 20.1. The van der Waals surface area contributed by atoms with Gasteiger partial charge in [0.25, 0.3) is 0 Å². The highest BCUT2D eigenvalue weighted by atomic mass is 32.1. The van der Waals surface area contributed by atoms with Crippen LogP contribution < -0.4 is 10.6 Å². The molecule has 2 N–H and O–H groups in total. The predicted octanol–water partition coefficient (Wildman–Crippen LogP) is 3.61. The van der Waals surface area contributed by atoms with E-state index in [0.29, 0.717) is 34.2 Å². The van der Waals surface area contributed by atoms with Crippen molar-refractivity contribution in [2.75, 3.05) is 10.6 Å². The molecule has 2 amide bonds. The number of hydrogen-bond donors (Lipinski definition) is 2. The lowest BCUT2D eigenvalue weighted by Crippen LogP contribution is -2.16. The van der Waals surface area contributed by atoms with Crippen molar-refractivity contribution < 1.29 is 9.59 Å². The maximum absolute atomic E-state index is 12.3. The minimum atomic E-state index is -0.177. The number of amides is 2. The van der Waals surface area contributed by atoms with Gasteiger partial charge in [-0.25, -0.2) is 0 Å². The zero-order chi connectivity index (χ0) is 25.5. The first-order valence-corrected chi connectivity index (χ1v) is 13.0. The first-order chi connectivity index (χ1) is 18.1. The van der Waals surface area contributed by atoms with Crippen molar-refractivity contribution in [3.8, 4) is 0 Å².